The van der Waals surface area contributed by atoms with Crippen molar-refractivity contribution in [2.75, 3.05) is 21.3 Å². The number of pyridine rings is 1. The normalized spacial score (nSPS) is 12.0. The lowest BCUT2D eigenvalue weighted by atomic mass is 9.98. The molecule has 0 aliphatic heterocycles. The topological polar surface area (TPSA) is 43.4 Å². The minimum absolute atomic E-state index is 0.274. The van der Waals surface area contributed by atoms with Crippen LogP contribution in [0.3, 0.4) is 0 Å². The molecule has 0 saturated heterocycles. The van der Waals surface area contributed by atoms with Crippen LogP contribution in [0, 0.1) is 5.82 Å². The van der Waals surface area contributed by atoms with Crippen LogP contribution in [0.1, 0.15) is 17.2 Å². The number of methoxy groups -OCH3 is 2. The van der Waals surface area contributed by atoms with Crippen LogP contribution in [0.25, 0.3) is 0 Å². The molecule has 106 valence electrons. The summed E-state index contributed by atoms with van der Waals surface area (Å²) in [6.45, 7) is 0. The molecule has 0 bridgehead atoms. The Morgan fingerprint density at radius 2 is 1.80 bits per heavy atom. The van der Waals surface area contributed by atoms with Crippen LogP contribution in [0.2, 0.25) is 0 Å². The SMILES string of the molecule is CNC(c1cncc(F)c1)c1c(OC)cccc1OC. The molecule has 0 saturated carbocycles. The van der Waals surface area contributed by atoms with Gasteiger partial charge >= 0.3 is 0 Å². The average molecular weight is 276 g/mol. The number of hydrogen-bond acceptors (Lipinski definition) is 4. The summed E-state index contributed by atoms with van der Waals surface area (Å²) in [4.78, 5) is 3.89. The van der Waals surface area contributed by atoms with Crippen LogP contribution in [0.5, 0.6) is 11.5 Å². The fourth-order valence-corrected chi connectivity index (χ4v) is 2.23. The highest BCUT2D eigenvalue weighted by Crippen LogP contribution is 2.36. The van der Waals surface area contributed by atoms with Gasteiger partial charge in [-0.3, -0.25) is 4.98 Å². The molecule has 1 atom stereocenters. The van der Waals surface area contributed by atoms with E-state index in [2.05, 4.69) is 10.3 Å². The van der Waals surface area contributed by atoms with E-state index < -0.39 is 0 Å². The second-order valence-corrected chi connectivity index (χ2v) is 4.23. The molecule has 2 rings (SSSR count). The van der Waals surface area contributed by atoms with E-state index in [9.17, 15) is 4.39 Å². The first-order valence-electron chi connectivity index (χ1n) is 6.19. The van der Waals surface area contributed by atoms with E-state index in [1.807, 2.05) is 18.2 Å². The first kappa shape index (κ1) is 14.3. The molecule has 1 aromatic heterocycles. The zero-order valence-corrected chi connectivity index (χ0v) is 11.7. The molecule has 5 heteroatoms. The molecule has 0 amide bonds. The molecular formula is C15H17FN2O2. The lowest BCUT2D eigenvalue weighted by Gasteiger charge is -2.22. The molecule has 1 heterocycles. The molecule has 20 heavy (non-hydrogen) atoms. The predicted molar refractivity (Wildman–Crippen MR) is 74.6 cm³/mol. The fraction of sp³-hybridized carbons (Fsp3) is 0.267. The molecule has 0 aliphatic rings. The third kappa shape index (κ3) is 2.72. The second-order valence-electron chi connectivity index (χ2n) is 4.23. The molecule has 2 aromatic rings. The molecular weight excluding hydrogens is 259 g/mol. The van der Waals surface area contributed by atoms with Gasteiger partial charge in [0.05, 0.1) is 32.0 Å². The Morgan fingerprint density at radius 1 is 1.15 bits per heavy atom. The number of hydrogen-bond donors (Lipinski definition) is 1. The Kier molecular flexibility index (Phi) is 4.53. The molecule has 0 spiro atoms. The standard InChI is InChI=1S/C15H17FN2O2/c1-17-15(10-7-11(16)9-18-8-10)14-12(19-2)5-4-6-13(14)20-3/h4-9,15,17H,1-3H3. The quantitative estimate of drug-likeness (QED) is 0.911. The summed E-state index contributed by atoms with van der Waals surface area (Å²) in [6, 6.07) is 6.70. The molecule has 0 fully saturated rings. The second kappa shape index (κ2) is 6.34. The number of aromatic nitrogens is 1. The number of ether oxygens (including phenoxy) is 2. The van der Waals surface area contributed by atoms with Crippen molar-refractivity contribution in [2.45, 2.75) is 6.04 Å². The summed E-state index contributed by atoms with van der Waals surface area (Å²) >= 11 is 0. The molecule has 0 aliphatic carbocycles. The number of halogens is 1. The zero-order chi connectivity index (χ0) is 14.5. The van der Waals surface area contributed by atoms with E-state index in [1.165, 1.54) is 12.3 Å². The van der Waals surface area contributed by atoms with E-state index in [0.717, 1.165) is 5.56 Å². The molecule has 1 unspecified atom stereocenters. The minimum Gasteiger partial charge on any atom is -0.496 e. The van der Waals surface area contributed by atoms with Gasteiger partial charge < -0.3 is 14.8 Å². The lowest BCUT2D eigenvalue weighted by Crippen LogP contribution is -2.19. The molecule has 4 nitrogen and oxygen atoms in total. The summed E-state index contributed by atoms with van der Waals surface area (Å²) in [6.07, 6.45) is 2.80. The van der Waals surface area contributed by atoms with E-state index >= 15 is 0 Å². The van der Waals surface area contributed by atoms with Crippen molar-refractivity contribution in [3.63, 3.8) is 0 Å². The van der Waals surface area contributed by atoms with Crippen molar-refractivity contribution in [3.05, 3.63) is 53.6 Å². The fourth-order valence-electron chi connectivity index (χ4n) is 2.23. The molecule has 1 aromatic carbocycles. The van der Waals surface area contributed by atoms with Gasteiger partial charge in [-0.1, -0.05) is 6.07 Å². The number of rotatable bonds is 5. The van der Waals surface area contributed by atoms with Crippen molar-refractivity contribution in [3.8, 4) is 11.5 Å². The highest BCUT2D eigenvalue weighted by atomic mass is 19.1. The average Bonchev–Trinajstić information content (AvgIpc) is 2.48. The first-order chi connectivity index (χ1) is 9.71. The van der Waals surface area contributed by atoms with Gasteiger partial charge in [0.1, 0.15) is 17.3 Å². The van der Waals surface area contributed by atoms with Gasteiger partial charge in [-0.2, -0.15) is 0 Å². The van der Waals surface area contributed by atoms with Crippen molar-refractivity contribution >= 4 is 0 Å². The van der Waals surface area contributed by atoms with Crippen molar-refractivity contribution in [1.29, 1.82) is 0 Å². The Morgan fingerprint density at radius 3 is 2.30 bits per heavy atom. The minimum atomic E-state index is -0.378. The van der Waals surface area contributed by atoms with Crippen molar-refractivity contribution in [1.82, 2.24) is 10.3 Å². The third-order valence-corrected chi connectivity index (χ3v) is 3.10. The van der Waals surface area contributed by atoms with Gasteiger partial charge in [0.25, 0.3) is 0 Å². The van der Waals surface area contributed by atoms with E-state index in [1.54, 1.807) is 27.5 Å². The van der Waals surface area contributed by atoms with E-state index in [0.29, 0.717) is 17.1 Å². The van der Waals surface area contributed by atoms with Crippen molar-refractivity contribution < 1.29 is 13.9 Å². The van der Waals surface area contributed by atoms with Crippen molar-refractivity contribution in [2.24, 2.45) is 0 Å². The predicted octanol–water partition coefficient (Wildman–Crippen LogP) is 2.55. The summed E-state index contributed by atoms with van der Waals surface area (Å²) < 4.78 is 24.2. The third-order valence-electron chi connectivity index (χ3n) is 3.10. The highest BCUT2D eigenvalue weighted by molar-refractivity contribution is 5.50. The Balaban J connectivity index is 2.57. The van der Waals surface area contributed by atoms with Crippen LogP contribution >= 0.6 is 0 Å². The van der Waals surface area contributed by atoms with E-state index in [-0.39, 0.29) is 11.9 Å². The van der Waals surface area contributed by atoms with Crippen LogP contribution in [0.15, 0.2) is 36.7 Å². The van der Waals surface area contributed by atoms with Crippen LogP contribution < -0.4 is 14.8 Å². The summed E-state index contributed by atoms with van der Waals surface area (Å²) in [5.74, 6) is 0.970. The van der Waals surface area contributed by atoms with Crippen LogP contribution in [-0.4, -0.2) is 26.3 Å². The van der Waals surface area contributed by atoms with Gasteiger partial charge in [-0.15, -0.1) is 0 Å². The highest BCUT2D eigenvalue weighted by Gasteiger charge is 2.21. The van der Waals surface area contributed by atoms with Gasteiger partial charge in [0.2, 0.25) is 0 Å². The van der Waals surface area contributed by atoms with Gasteiger partial charge in [0.15, 0.2) is 0 Å². The maximum Gasteiger partial charge on any atom is 0.141 e. The Bertz CT molecular complexity index is 568. The zero-order valence-electron chi connectivity index (χ0n) is 11.7. The van der Waals surface area contributed by atoms with E-state index in [4.69, 9.17) is 9.47 Å². The number of nitrogens with zero attached hydrogens (tertiary/aromatic N) is 1. The summed E-state index contributed by atoms with van der Waals surface area (Å²) in [7, 11) is 4.98. The van der Waals surface area contributed by atoms with Crippen LogP contribution in [0.4, 0.5) is 4.39 Å². The largest absolute Gasteiger partial charge is 0.496 e. The molecule has 1 N–H and O–H groups in total. The Labute approximate surface area is 117 Å². The smallest absolute Gasteiger partial charge is 0.141 e. The van der Waals surface area contributed by atoms with Gasteiger partial charge in [0, 0.05) is 6.20 Å². The first-order valence-corrected chi connectivity index (χ1v) is 6.19. The molecule has 0 radical (unpaired) electrons. The maximum atomic E-state index is 13.4. The Hall–Kier alpha value is -2.14. The summed E-state index contributed by atoms with van der Waals surface area (Å²) in [5, 5.41) is 3.14. The summed E-state index contributed by atoms with van der Waals surface area (Å²) in [5.41, 5.74) is 1.52. The monoisotopic (exact) mass is 276 g/mol. The van der Waals surface area contributed by atoms with Gasteiger partial charge in [-0.05, 0) is 30.8 Å². The van der Waals surface area contributed by atoms with Crippen LogP contribution in [-0.2, 0) is 0 Å². The number of benzene rings is 1. The lowest BCUT2D eigenvalue weighted by molar-refractivity contribution is 0.378. The maximum absolute atomic E-state index is 13.4. The number of nitrogens with one attached hydrogen (secondary N) is 1. The van der Waals surface area contributed by atoms with Gasteiger partial charge in [-0.25, -0.2) is 4.39 Å².